The second kappa shape index (κ2) is 8.09. The SMILES string of the molecule is Cc1cc(C)c2sc(NC(=O)c3ccc(S(=O)(=O)N4CCCC[C@H]4C)cc3)nc2c1. The number of benzene rings is 2. The molecule has 30 heavy (non-hydrogen) atoms. The fourth-order valence-electron chi connectivity index (χ4n) is 3.94. The predicted molar refractivity (Wildman–Crippen MR) is 121 cm³/mol. The Bertz CT molecular complexity index is 1200. The molecule has 0 unspecified atom stereocenters. The minimum atomic E-state index is -3.55. The lowest BCUT2D eigenvalue weighted by atomic mass is 10.1. The summed E-state index contributed by atoms with van der Waals surface area (Å²) in [6, 6.07) is 10.2. The number of carbonyl (C=O) groups is 1. The Hall–Kier alpha value is -2.29. The maximum Gasteiger partial charge on any atom is 0.257 e. The highest BCUT2D eigenvalue weighted by atomic mass is 32.2. The molecule has 8 heteroatoms. The van der Waals surface area contributed by atoms with Crippen LogP contribution in [0, 0.1) is 13.8 Å². The van der Waals surface area contributed by atoms with Gasteiger partial charge in [0.1, 0.15) is 0 Å². The monoisotopic (exact) mass is 443 g/mol. The van der Waals surface area contributed by atoms with Crippen LogP contribution in [-0.2, 0) is 10.0 Å². The van der Waals surface area contributed by atoms with E-state index in [1.807, 2.05) is 26.8 Å². The lowest BCUT2D eigenvalue weighted by Gasteiger charge is -2.32. The Morgan fingerprint density at radius 1 is 1.17 bits per heavy atom. The zero-order valence-corrected chi connectivity index (χ0v) is 18.9. The van der Waals surface area contributed by atoms with Gasteiger partial charge in [-0.1, -0.05) is 23.8 Å². The number of thiazole rings is 1. The Morgan fingerprint density at radius 3 is 2.60 bits per heavy atom. The van der Waals surface area contributed by atoms with Crippen molar-refractivity contribution >= 4 is 42.6 Å². The second-order valence-electron chi connectivity index (χ2n) is 7.89. The third-order valence-corrected chi connectivity index (χ3v) is 8.66. The summed E-state index contributed by atoms with van der Waals surface area (Å²) in [4.78, 5) is 17.4. The van der Waals surface area contributed by atoms with Crippen LogP contribution in [-0.4, -0.2) is 36.2 Å². The molecular formula is C22H25N3O3S2. The van der Waals surface area contributed by atoms with E-state index in [0.717, 1.165) is 40.6 Å². The molecule has 1 aliphatic heterocycles. The topological polar surface area (TPSA) is 79.4 Å². The summed E-state index contributed by atoms with van der Waals surface area (Å²) in [6.07, 6.45) is 2.81. The molecule has 3 aromatic rings. The van der Waals surface area contributed by atoms with E-state index in [4.69, 9.17) is 0 Å². The highest BCUT2D eigenvalue weighted by Gasteiger charge is 2.30. The van der Waals surface area contributed by atoms with Crippen LogP contribution >= 0.6 is 11.3 Å². The molecule has 4 rings (SSSR count). The molecule has 0 radical (unpaired) electrons. The van der Waals surface area contributed by atoms with Crippen LogP contribution in [0.15, 0.2) is 41.3 Å². The van der Waals surface area contributed by atoms with Crippen LogP contribution in [0.25, 0.3) is 10.2 Å². The lowest BCUT2D eigenvalue weighted by Crippen LogP contribution is -2.41. The molecule has 2 aromatic carbocycles. The largest absolute Gasteiger partial charge is 0.298 e. The number of carbonyl (C=O) groups excluding carboxylic acids is 1. The van der Waals surface area contributed by atoms with Gasteiger partial charge in [0.2, 0.25) is 10.0 Å². The molecule has 2 heterocycles. The summed E-state index contributed by atoms with van der Waals surface area (Å²) < 4.78 is 28.5. The number of amides is 1. The fourth-order valence-corrected chi connectivity index (χ4v) is 6.55. The number of hydrogen-bond donors (Lipinski definition) is 1. The number of nitrogens with one attached hydrogen (secondary N) is 1. The first-order chi connectivity index (χ1) is 14.3. The van der Waals surface area contributed by atoms with Crippen molar-refractivity contribution in [3.63, 3.8) is 0 Å². The van der Waals surface area contributed by atoms with Crippen molar-refractivity contribution in [2.24, 2.45) is 0 Å². The number of aromatic nitrogens is 1. The van der Waals surface area contributed by atoms with Crippen molar-refractivity contribution in [1.82, 2.24) is 9.29 Å². The van der Waals surface area contributed by atoms with Gasteiger partial charge in [-0.05, 0) is 75.1 Å². The average molecular weight is 444 g/mol. The van der Waals surface area contributed by atoms with Crippen LogP contribution in [0.2, 0.25) is 0 Å². The summed E-state index contributed by atoms with van der Waals surface area (Å²) in [6.45, 7) is 6.54. The maximum absolute atomic E-state index is 12.9. The summed E-state index contributed by atoms with van der Waals surface area (Å²) in [5.74, 6) is -0.307. The van der Waals surface area contributed by atoms with E-state index in [1.54, 1.807) is 16.4 Å². The highest BCUT2D eigenvalue weighted by molar-refractivity contribution is 7.89. The zero-order chi connectivity index (χ0) is 21.5. The first-order valence-electron chi connectivity index (χ1n) is 10.1. The van der Waals surface area contributed by atoms with E-state index >= 15 is 0 Å². The molecule has 158 valence electrons. The van der Waals surface area contributed by atoms with E-state index in [9.17, 15) is 13.2 Å². The molecule has 6 nitrogen and oxygen atoms in total. The summed E-state index contributed by atoms with van der Waals surface area (Å²) >= 11 is 1.44. The number of rotatable bonds is 4. The summed E-state index contributed by atoms with van der Waals surface area (Å²) in [5.41, 5.74) is 3.52. The van der Waals surface area contributed by atoms with Crippen molar-refractivity contribution in [3.8, 4) is 0 Å². The van der Waals surface area contributed by atoms with Crippen LogP contribution in [0.3, 0.4) is 0 Å². The molecule has 1 aromatic heterocycles. The number of fused-ring (bicyclic) bond motifs is 1. The quantitative estimate of drug-likeness (QED) is 0.632. The molecule has 0 spiro atoms. The van der Waals surface area contributed by atoms with E-state index in [0.29, 0.717) is 17.2 Å². The van der Waals surface area contributed by atoms with Crippen LogP contribution < -0.4 is 5.32 Å². The Morgan fingerprint density at radius 2 is 1.90 bits per heavy atom. The number of piperidine rings is 1. The molecule has 1 saturated heterocycles. The summed E-state index contributed by atoms with van der Waals surface area (Å²) in [5, 5.41) is 3.36. The van der Waals surface area contributed by atoms with Crippen molar-refractivity contribution in [3.05, 3.63) is 53.1 Å². The number of sulfonamides is 1. The first kappa shape index (κ1) is 21.0. The van der Waals surface area contributed by atoms with Crippen LogP contribution in [0.4, 0.5) is 5.13 Å². The van der Waals surface area contributed by atoms with E-state index < -0.39 is 10.0 Å². The van der Waals surface area contributed by atoms with Crippen molar-refractivity contribution in [2.45, 2.75) is 51.0 Å². The Balaban J connectivity index is 1.52. The van der Waals surface area contributed by atoms with Gasteiger partial charge in [0.15, 0.2) is 5.13 Å². The average Bonchev–Trinajstić information content (AvgIpc) is 3.11. The van der Waals surface area contributed by atoms with E-state index in [-0.39, 0.29) is 16.8 Å². The van der Waals surface area contributed by atoms with Gasteiger partial charge in [-0.25, -0.2) is 13.4 Å². The molecule has 1 amide bonds. The van der Waals surface area contributed by atoms with Gasteiger partial charge in [0.05, 0.1) is 15.1 Å². The maximum atomic E-state index is 12.9. The summed E-state index contributed by atoms with van der Waals surface area (Å²) in [7, 11) is -3.55. The molecule has 0 aliphatic carbocycles. The van der Waals surface area contributed by atoms with Gasteiger partial charge in [0, 0.05) is 18.2 Å². The smallest absolute Gasteiger partial charge is 0.257 e. The zero-order valence-electron chi connectivity index (χ0n) is 17.3. The van der Waals surface area contributed by atoms with Crippen molar-refractivity contribution in [1.29, 1.82) is 0 Å². The third-order valence-electron chi connectivity index (χ3n) is 5.51. The third kappa shape index (κ3) is 3.99. The Labute approximate surface area is 181 Å². The molecule has 1 N–H and O–H groups in total. The van der Waals surface area contributed by atoms with Crippen molar-refractivity contribution in [2.75, 3.05) is 11.9 Å². The molecule has 1 fully saturated rings. The predicted octanol–water partition coefficient (Wildman–Crippen LogP) is 4.73. The number of anilines is 1. The molecule has 0 saturated carbocycles. The standard InChI is InChI=1S/C22H25N3O3S2/c1-14-12-15(2)20-19(13-14)23-22(29-20)24-21(26)17-7-9-18(10-8-17)30(27,28)25-11-5-4-6-16(25)3/h7-10,12-13,16H,4-6,11H2,1-3H3,(H,23,24,26)/t16-/m1/s1. The van der Waals surface area contributed by atoms with Gasteiger partial charge in [-0.2, -0.15) is 4.31 Å². The van der Waals surface area contributed by atoms with Gasteiger partial charge in [0.25, 0.3) is 5.91 Å². The molecule has 0 bridgehead atoms. The van der Waals surface area contributed by atoms with Crippen LogP contribution in [0.1, 0.15) is 47.7 Å². The number of hydrogen-bond acceptors (Lipinski definition) is 5. The number of aryl methyl sites for hydroxylation is 2. The molecule has 1 atom stereocenters. The minimum Gasteiger partial charge on any atom is -0.298 e. The van der Waals surface area contributed by atoms with Gasteiger partial charge in [-0.15, -0.1) is 0 Å². The van der Waals surface area contributed by atoms with Crippen LogP contribution in [0.5, 0.6) is 0 Å². The molecular weight excluding hydrogens is 418 g/mol. The van der Waals surface area contributed by atoms with Gasteiger partial charge in [-0.3, -0.25) is 10.1 Å². The lowest BCUT2D eigenvalue weighted by molar-refractivity contribution is 0.102. The first-order valence-corrected chi connectivity index (χ1v) is 12.3. The van der Waals surface area contributed by atoms with Gasteiger partial charge < -0.3 is 0 Å². The van der Waals surface area contributed by atoms with E-state index in [1.165, 1.54) is 23.5 Å². The second-order valence-corrected chi connectivity index (χ2v) is 10.8. The normalized spacial score (nSPS) is 17.9. The number of nitrogens with zero attached hydrogens (tertiary/aromatic N) is 2. The van der Waals surface area contributed by atoms with Crippen molar-refractivity contribution < 1.29 is 13.2 Å². The molecule has 1 aliphatic rings. The van der Waals surface area contributed by atoms with E-state index in [2.05, 4.69) is 16.4 Å². The van der Waals surface area contributed by atoms with Gasteiger partial charge >= 0.3 is 0 Å². The highest BCUT2D eigenvalue weighted by Crippen LogP contribution is 2.30. The minimum absolute atomic E-state index is 0.00199. The fraction of sp³-hybridized carbons (Fsp3) is 0.364. The Kier molecular flexibility index (Phi) is 5.65.